The van der Waals surface area contributed by atoms with Crippen LogP contribution in [-0.2, 0) is 6.54 Å². The third kappa shape index (κ3) is 3.28. The molecule has 2 aromatic rings. The molecule has 6 nitrogen and oxygen atoms in total. The van der Waals surface area contributed by atoms with Gasteiger partial charge in [-0.05, 0) is 32.0 Å². The van der Waals surface area contributed by atoms with E-state index in [1.165, 1.54) is 0 Å². The second-order valence-electron chi connectivity index (χ2n) is 5.56. The molecule has 1 saturated carbocycles. The summed E-state index contributed by atoms with van der Waals surface area (Å²) in [5.74, 6) is 1.05. The minimum Gasteiger partial charge on any atom is -0.391 e. The fourth-order valence-electron chi connectivity index (χ4n) is 2.85. The highest BCUT2D eigenvalue weighted by atomic mass is 16.5. The van der Waals surface area contributed by atoms with Gasteiger partial charge >= 0.3 is 0 Å². The Kier molecular flexibility index (Phi) is 4.26. The van der Waals surface area contributed by atoms with Crippen LogP contribution in [0.4, 0.5) is 0 Å². The molecule has 0 aromatic carbocycles. The average molecular weight is 288 g/mol. The van der Waals surface area contributed by atoms with Gasteiger partial charge in [0.05, 0.1) is 12.6 Å². The van der Waals surface area contributed by atoms with E-state index in [1.807, 2.05) is 25.2 Å². The number of pyridine rings is 1. The Bertz CT molecular complexity index is 572. The van der Waals surface area contributed by atoms with Crippen LogP contribution in [-0.4, -0.2) is 44.3 Å². The van der Waals surface area contributed by atoms with Gasteiger partial charge in [-0.3, -0.25) is 9.88 Å². The number of aliphatic hydroxyl groups is 1. The summed E-state index contributed by atoms with van der Waals surface area (Å²) in [7, 11) is 1.99. The molecule has 0 radical (unpaired) electrons. The molecule has 6 heteroatoms. The lowest BCUT2D eigenvalue weighted by atomic mass is 9.91. The van der Waals surface area contributed by atoms with E-state index >= 15 is 0 Å². The standard InChI is InChI=1S/C15H20N4O2/c1-19(12-7-2-3-8-13(12)20)10-14-17-15(18-21-14)11-6-4-5-9-16-11/h4-6,9,12-13,20H,2-3,7-8,10H2,1H3. The number of likely N-dealkylation sites (N-methyl/N-ethyl adjacent to an activating group) is 1. The van der Waals surface area contributed by atoms with Crippen molar-refractivity contribution >= 4 is 0 Å². The zero-order valence-electron chi connectivity index (χ0n) is 12.1. The van der Waals surface area contributed by atoms with Crippen molar-refractivity contribution in [3.63, 3.8) is 0 Å². The maximum atomic E-state index is 10.1. The molecule has 2 aromatic heterocycles. The van der Waals surface area contributed by atoms with Crippen LogP contribution in [0.5, 0.6) is 0 Å². The number of nitrogens with zero attached hydrogens (tertiary/aromatic N) is 4. The zero-order valence-corrected chi connectivity index (χ0v) is 12.1. The van der Waals surface area contributed by atoms with Crippen molar-refractivity contribution in [2.45, 2.75) is 44.4 Å². The molecule has 1 N–H and O–H groups in total. The smallest absolute Gasteiger partial charge is 0.241 e. The third-order valence-electron chi connectivity index (χ3n) is 4.01. The molecule has 112 valence electrons. The summed E-state index contributed by atoms with van der Waals surface area (Å²) in [6.07, 6.45) is 5.60. The molecule has 2 atom stereocenters. The molecular weight excluding hydrogens is 268 g/mol. The van der Waals surface area contributed by atoms with Gasteiger partial charge in [0.2, 0.25) is 11.7 Å². The Balaban J connectivity index is 1.67. The molecule has 21 heavy (non-hydrogen) atoms. The summed E-state index contributed by atoms with van der Waals surface area (Å²) in [5.41, 5.74) is 0.702. The van der Waals surface area contributed by atoms with Crippen LogP contribution in [0.2, 0.25) is 0 Å². The number of rotatable bonds is 4. The predicted octanol–water partition coefficient (Wildman–Crippen LogP) is 1.87. The highest BCUT2D eigenvalue weighted by Crippen LogP contribution is 2.23. The predicted molar refractivity (Wildman–Crippen MR) is 77.3 cm³/mol. The van der Waals surface area contributed by atoms with Crippen LogP contribution in [0.1, 0.15) is 31.6 Å². The highest BCUT2D eigenvalue weighted by Gasteiger charge is 2.27. The van der Waals surface area contributed by atoms with Crippen molar-refractivity contribution in [2.75, 3.05) is 7.05 Å². The maximum Gasteiger partial charge on any atom is 0.241 e. The van der Waals surface area contributed by atoms with Crippen molar-refractivity contribution in [2.24, 2.45) is 0 Å². The van der Waals surface area contributed by atoms with Crippen LogP contribution < -0.4 is 0 Å². The van der Waals surface area contributed by atoms with E-state index in [1.54, 1.807) is 6.20 Å². The summed E-state index contributed by atoms with van der Waals surface area (Å²) in [5, 5.41) is 14.0. The summed E-state index contributed by atoms with van der Waals surface area (Å²) in [6, 6.07) is 5.76. The quantitative estimate of drug-likeness (QED) is 0.925. The Morgan fingerprint density at radius 1 is 1.33 bits per heavy atom. The fraction of sp³-hybridized carbons (Fsp3) is 0.533. The highest BCUT2D eigenvalue weighted by molar-refractivity contribution is 5.46. The van der Waals surface area contributed by atoms with Gasteiger partial charge in [0.1, 0.15) is 5.69 Å². The number of aromatic nitrogens is 3. The van der Waals surface area contributed by atoms with Gasteiger partial charge < -0.3 is 9.63 Å². The van der Waals surface area contributed by atoms with E-state index in [-0.39, 0.29) is 12.1 Å². The second-order valence-corrected chi connectivity index (χ2v) is 5.56. The van der Waals surface area contributed by atoms with Gasteiger partial charge in [-0.25, -0.2) is 0 Å². The van der Waals surface area contributed by atoms with Gasteiger partial charge in [0.15, 0.2) is 0 Å². The van der Waals surface area contributed by atoms with E-state index in [4.69, 9.17) is 4.52 Å². The molecule has 1 fully saturated rings. The second kappa shape index (κ2) is 6.32. The lowest BCUT2D eigenvalue weighted by Gasteiger charge is -2.34. The van der Waals surface area contributed by atoms with E-state index in [9.17, 15) is 5.11 Å². The minimum atomic E-state index is -0.262. The molecule has 1 aliphatic carbocycles. The van der Waals surface area contributed by atoms with E-state index < -0.39 is 0 Å². The Morgan fingerprint density at radius 3 is 2.95 bits per heavy atom. The maximum absolute atomic E-state index is 10.1. The monoisotopic (exact) mass is 288 g/mol. The fourth-order valence-corrected chi connectivity index (χ4v) is 2.85. The molecular formula is C15H20N4O2. The van der Waals surface area contributed by atoms with Crippen molar-refractivity contribution in [1.82, 2.24) is 20.0 Å². The molecule has 1 aliphatic rings. The molecule has 3 rings (SSSR count). The van der Waals surface area contributed by atoms with Gasteiger partial charge in [-0.2, -0.15) is 4.98 Å². The van der Waals surface area contributed by atoms with E-state index in [0.29, 0.717) is 24.0 Å². The van der Waals surface area contributed by atoms with Crippen LogP contribution in [0.25, 0.3) is 11.5 Å². The lowest BCUT2D eigenvalue weighted by Crippen LogP contribution is -2.42. The van der Waals surface area contributed by atoms with E-state index in [2.05, 4.69) is 20.0 Å². The first-order valence-electron chi connectivity index (χ1n) is 7.36. The average Bonchev–Trinajstić information content (AvgIpc) is 2.97. The Hall–Kier alpha value is -1.79. The molecule has 0 bridgehead atoms. The summed E-state index contributed by atoms with van der Waals surface area (Å²) >= 11 is 0. The molecule has 0 spiro atoms. The number of hydrogen-bond acceptors (Lipinski definition) is 6. The Labute approximate surface area is 123 Å². The lowest BCUT2D eigenvalue weighted by molar-refractivity contribution is 0.0248. The first kappa shape index (κ1) is 14.2. The number of hydrogen-bond donors (Lipinski definition) is 1. The SMILES string of the molecule is CN(Cc1nc(-c2ccccn2)no1)C1CCCCC1O. The van der Waals surface area contributed by atoms with Crippen molar-refractivity contribution in [3.8, 4) is 11.5 Å². The molecule has 0 aliphatic heterocycles. The van der Waals surface area contributed by atoms with Crippen LogP contribution in [0, 0.1) is 0 Å². The van der Waals surface area contributed by atoms with Gasteiger partial charge in [0, 0.05) is 12.2 Å². The topological polar surface area (TPSA) is 75.3 Å². The van der Waals surface area contributed by atoms with Crippen molar-refractivity contribution < 1.29 is 9.63 Å². The van der Waals surface area contributed by atoms with Crippen LogP contribution in [0.3, 0.4) is 0 Å². The third-order valence-corrected chi connectivity index (χ3v) is 4.01. The van der Waals surface area contributed by atoms with Crippen LogP contribution in [0.15, 0.2) is 28.9 Å². The molecule has 2 heterocycles. The normalized spacial score (nSPS) is 22.6. The van der Waals surface area contributed by atoms with Crippen LogP contribution >= 0.6 is 0 Å². The largest absolute Gasteiger partial charge is 0.391 e. The zero-order chi connectivity index (χ0) is 14.7. The summed E-state index contributed by atoms with van der Waals surface area (Å²) in [4.78, 5) is 10.7. The molecule has 2 unspecified atom stereocenters. The van der Waals surface area contributed by atoms with Gasteiger partial charge in [-0.15, -0.1) is 0 Å². The Morgan fingerprint density at radius 2 is 2.19 bits per heavy atom. The molecule has 0 saturated heterocycles. The first-order chi connectivity index (χ1) is 10.2. The van der Waals surface area contributed by atoms with E-state index in [0.717, 1.165) is 25.7 Å². The van der Waals surface area contributed by atoms with Crippen molar-refractivity contribution in [3.05, 3.63) is 30.3 Å². The minimum absolute atomic E-state index is 0.170. The van der Waals surface area contributed by atoms with Gasteiger partial charge in [-0.1, -0.05) is 24.1 Å². The first-order valence-corrected chi connectivity index (χ1v) is 7.36. The molecule has 0 amide bonds. The number of aliphatic hydroxyl groups excluding tert-OH is 1. The summed E-state index contributed by atoms with van der Waals surface area (Å²) < 4.78 is 5.29. The summed E-state index contributed by atoms with van der Waals surface area (Å²) in [6.45, 7) is 0.543. The van der Waals surface area contributed by atoms with Crippen molar-refractivity contribution in [1.29, 1.82) is 0 Å². The van der Waals surface area contributed by atoms with Gasteiger partial charge in [0.25, 0.3) is 0 Å².